The number of furan rings is 1. The van der Waals surface area contributed by atoms with Crippen molar-refractivity contribution in [1.29, 1.82) is 0 Å². The van der Waals surface area contributed by atoms with Crippen molar-refractivity contribution >= 4 is 11.9 Å². The Morgan fingerprint density at radius 3 is 2.88 bits per heavy atom. The molecule has 0 fully saturated rings. The second-order valence-electron chi connectivity index (χ2n) is 6.94. The zero-order chi connectivity index (χ0) is 18.4. The summed E-state index contributed by atoms with van der Waals surface area (Å²) in [7, 11) is 4.10. The molecule has 1 aliphatic rings. The Balaban J connectivity index is 1.80. The molecule has 0 unspecified atom stereocenters. The van der Waals surface area contributed by atoms with Crippen LogP contribution in [0.1, 0.15) is 36.9 Å². The summed E-state index contributed by atoms with van der Waals surface area (Å²) in [6.45, 7) is 1.66. The summed E-state index contributed by atoms with van der Waals surface area (Å²) in [5, 5.41) is 3.06. The highest BCUT2D eigenvalue weighted by Gasteiger charge is 2.18. The van der Waals surface area contributed by atoms with E-state index in [1.165, 1.54) is 18.4 Å². The molecule has 7 nitrogen and oxygen atoms in total. The van der Waals surface area contributed by atoms with E-state index < -0.39 is 0 Å². The molecule has 0 bridgehead atoms. The van der Waals surface area contributed by atoms with Crippen LogP contribution >= 0.6 is 0 Å². The maximum atomic E-state index is 6.03. The number of guanidine groups is 1. The zero-order valence-electron chi connectivity index (χ0n) is 15.7. The van der Waals surface area contributed by atoms with Gasteiger partial charge >= 0.3 is 0 Å². The van der Waals surface area contributed by atoms with Crippen LogP contribution in [-0.2, 0) is 12.8 Å². The topological polar surface area (TPSA) is 92.6 Å². The second kappa shape index (κ2) is 8.80. The Kier molecular flexibility index (Phi) is 6.22. The van der Waals surface area contributed by atoms with Gasteiger partial charge in [-0.2, -0.15) is 0 Å². The average molecular weight is 356 g/mol. The van der Waals surface area contributed by atoms with Gasteiger partial charge in [0.1, 0.15) is 0 Å². The molecule has 26 heavy (non-hydrogen) atoms. The molecule has 0 aromatic carbocycles. The van der Waals surface area contributed by atoms with Crippen molar-refractivity contribution in [2.45, 2.75) is 38.5 Å². The number of nitrogens with two attached hydrogens (primary N) is 1. The lowest BCUT2D eigenvalue weighted by Gasteiger charge is -2.13. The van der Waals surface area contributed by atoms with E-state index in [4.69, 9.17) is 20.1 Å². The first-order valence-corrected chi connectivity index (χ1v) is 9.27. The Hall–Kier alpha value is -2.41. The Bertz CT molecular complexity index is 739. The highest BCUT2D eigenvalue weighted by Crippen LogP contribution is 2.30. The number of hydrogen-bond acceptors (Lipinski definition) is 5. The van der Waals surface area contributed by atoms with Crippen LogP contribution in [0.2, 0.25) is 0 Å². The van der Waals surface area contributed by atoms with Crippen LogP contribution in [0.3, 0.4) is 0 Å². The summed E-state index contributed by atoms with van der Waals surface area (Å²) in [5.74, 6) is 0.867. The van der Waals surface area contributed by atoms with Crippen LogP contribution in [0.5, 0.6) is 0 Å². The molecule has 2 heterocycles. The smallest absolute Gasteiger partial charge is 0.230 e. The minimum atomic E-state index is 0.357. The lowest BCUT2D eigenvalue weighted by Crippen LogP contribution is -2.25. The van der Waals surface area contributed by atoms with Gasteiger partial charge in [0.2, 0.25) is 5.95 Å². The first kappa shape index (κ1) is 18.4. The van der Waals surface area contributed by atoms with E-state index >= 15 is 0 Å². The minimum absolute atomic E-state index is 0.357. The number of aromatic nitrogens is 2. The lowest BCUT2D eigenvalue weighted by atomic mass is 10.0. The highest BCUT2D eigenvalue weighted by molar-refractivity contribution is 5.90. The molecule has 0 radical (unpaired) electrons. The second-order valence-corrected chi connectivity index (χ2v) is 6.94. The molecule has 3 N–H and O–H groups in total. The van der Waals surface area contributed by atoms with Crippen molar-refractivity contribution in [2.24, 2.45) is 10.7 Å². The molecule has 2 aromatic rings. The number of fused-ring (bicyclic) bond motifs is 1. The van der Waals surface area contributed by atoms with Crippen LogP contribution in [0.15, 0.2) is 28.0 Å². The van der Waals surface area contributed by atoms with Crippen LogP contribution in [0.4, 0.5) is 5.95 Å². The number of nitrogens with zero attached hydrogens (tertiary/aromatic N) is 4. The van der Waals surface area contributed by atoms with Gasteiger partial charge in [0.15, 0.2) is 5.96 Å². The Morgan fingerprint density at radius 2 is 2.12 bits per heavy atom. The monoisotopic (exact) mass is 356 g/mol. The maximum absolute atomic E-state index is 6.03. The Morgan fingerprint density at radius 1 is 1.27 bits per heavy atom. The summed E-state index contributed by atoms with van der Waals surface area (Å²) in [6.07, 6.45) is 9.89. The molecule has 3 rings (SSSR count). The summed E-state index contributed by atoms with van der Waals surface area (Å²) < 4.78 is 5.26. The molecule has 0 amide bonds. The molecular weight excluding hydrogens is 328 g/mol. The molecule has 0 aliphatic heterocycles. The van der Waals surface area contributed by atoms with Gasteiger partial charge in [0, 0.05) is 23.4 Å². The summed E-state index contributed by atoms with van der Waals surface area (Å²) in [4.78, 5) is 15.9. The average Bonchev–Trinajstić information content (AvgIpc) is 3.03. The molecule has 0 saturated heterocycles. The van der Waals surface area contributed by atoms with Gasteiger partial charge in [-0.15, -0.1) is 0 Å². The predicted octanol–water partition coefficient (Wildman–Crippen LogP) is 2.68. The van der Waals surface area contributed by atoms with Gasteiger partial charge < -0.3 is 15.1 Å². The van der Waals surface area contributed by atoms with Crippen molar-refractivity contribution in [3.8, 4) is 11.3 Å². The fraction of sp³-hybridized carbons (Fsp3) is 0.526. The lowest BCUT2D eigenvalue weighted by molar-refractivity contribution is 0.403. The van der Waals surface area contributed by atoms with Crippen molar-refractivity contribution in [1.82, 2.24) is 14.9 Å². The van der Waals surface area contributed by atoms with Crippen LogP contribution in [0.25, 0.3) is 11.3 Å². The quantitative estimate of drug-likeness (QED) is 0.358. The van der Waals surface area contributed by atoms with Gasteiger partial charge in [-0.1, -0.05) is 6.42 Å². The van der Waals surface area contributed by atoms with E-state index in [-0.39, 0.29) is 0 Å². The molecule has 1 aliphatic carbocycles. The third kappa shape index (κ3) is 4.82. The third-order valence-corrected chi connectivity index (χ3v) is 4.51. The summed E-state index contributed by atoms with van der Waals surface area (Å²) in [5.41, 5.74) is 10.3. The van der Waals surface area contributed by atoms with E-state index in [0.717, 1.165) is 49.2 Å². The fourth-order valence-corrected chi connectivity index (χ4v) is 3.21. The van der Waals surface area contributed by atoms with Crippen LogP contribution in [-0.4, -0.2) is 48.0 Å². The van der Waals surface area contributed by atoms with Crippen molar-refractivity contribution in [3.05, 3.63) is 29.9 Å². The predicted molar refractivity (Wildman–Crippen MR) is 104 cm³/mol. The standard InChI is InChI=1S/C19H28N6O/c1-25(2)11-6-10-21-18(20)24-19-22-16-8-5-3-4-7-15(16)17(23-19)14-9-12-26-13-14/h9,12-13H,3-8,10-11H2,1-2H3,(H3,20,21,22,23,24). The van der Waals surface area contributed by atoms with Gasteiger partial charge in [0.05, 0.1) is 18.2 Å². The third-order valence-electron chi connectivity index (χ3n) is 4.51. The molecule has 0 atom stereocenters. The number of hydrogen-bond donors (Lipinski definition) is 2. The number of aliphatic imine (C=N–C) groups is 1. The first-order valence-electron chi connectivity index (χ1n) is 9.27. The van der Waals surface area contributed by atoms with E-state index in [2.05, 4.69) is 15.2 Å². The molecule has 0 saturated carbocycles. The largest absolute Gasteiger partial charge is 0.472 e. The van der Waals surface area contributed by atoms with E-state index in [9.17, 15) is 0 Å². The highest BCUT2D eigenvalue weighted by atomic mass is 16.3. The number of anilines is 1. The van der Waals surface area contributed by atoms with Crippen LogP contribution < -0.4 is 11.1 Å². The SMILES string of the molecule is CN(C)CCCN=C(N)Nc1nc2c(c(-c3ccoc3)n1)CCCCC2. The first-order chi connectivity index (χ1) is 12.6. The van der Waals surface area contributed by atoms with Gasteiger partial charge in [-0.3, -0.25) is 10.3 Å². The van der Waals surface area contributed by atoms with Crippen molar-refractivity contribution in [2.75, 3.05) is 32.5 Å². The molecule has 7 heteroatoms. The molecule has 0 spiro atoms. The summed E-state index contributed by atoms with van der Waals surface area (Å²) in [6, 6.07) is 1.94. The van der Waals surface area contributed by atoms with Crippen molar-refractivity contribution in [3.63, 3.8) is 0 Å². The molecule has 2 aromatic heterocycles. The van der Waals surface area contributed by atoms with Gasteiger partial charge in [0.25, 0.3) is 0 Å². The fourth-order valence-electron chi connectivity index (χ4n) is 3.21. The minimum Gasteiger partial charge on any atom is -0.472 e. The van der Waals surface area contributed by atoms with E-state index in [0.29, 0.717) is 18.5 Å². The van der Waals surface area contributed by atoms with E-state index in [1.54, 1.807) is 12.5 Å². The number of nitrogens with one attached hydrogen (secondary N) is 1. The zero-order valence-corrected chi connectivity index (χ0v) is 15.7. The van der Waals surface area contributed by atoms with Crippen molar-refractivity contribution < 1.29 is 4.42 Å². The number of aryl methyl sites for hydroxylation is 1. The number of rotatable bonds is 6. The Labute approximate surface area is 154 Å². The summed E-state index contributed by atoms with van der Waals surface area (Å²) >= 11 is 0. The molecule has 140 valence electrons. The van der Waals surface area contributed by atoms with Crippen LogP contribution in [0, 0.1) is 0 Å². The maximum Gasteiger partial charge on any atom is 0.230 e. The van der Waals surface area contributed by atoms with Gasteiger partial charge in [-0.25, -0.2) is 9.97 Å². The molecular formula is C19H28N6O. The van der Waals surface area contributed by atoms with E-state index in [1.807, 2.05) is 20.2 Å². The van der Waals surface area contributed by atoms with Gasteiger partial charge in [-0.05, 0) is 58.8 Å². The normalized spacial score (nSPS) is 15.0.